The molecule has 1 aromatic heterocycles. The average molecular weight is 477 g/mol. The Morgan fingerprint density at radius 2 is 1.84 bits per heavy atom. The number of benzene rings is 2. The van der Waals surface area contributed by atoms with Gasteiger partial charge in [0.25, 0.3) is 5.91 Å². The number of amides is 1. The predicted octanol–water partition coefficient (Wildman–Crippen LogP) is 4.34. The molecule has 1 atom stereocenters. The van der Waals surface area contributed by atoms with Gasteiger partial charge < -0.3 is 24.5 Å². The Hall–Kier alpha value is -2.74. The molecule has 0 bridgehead atoms. The maximum Gasteiger partial charge on any atom is 0.310 e. The van der Waals surface area contributed by atoms with Gasteiger partial charge in [0.2, 0.25) is 0 Å². The molecule has 2 aromatic carbocycles. The molecule has 2 heterocycles. The Morgan fingerprint density at radius 1 is 1.19 bits per heavy atom. The quantitative estimate of drug-likeness (QED) is 0.552. The van der Waals surface area contributed by atoms with Crippen LogP contribution >= 0.6 is 23.2 Å². The molecule has 1 amide bonds. The van der Waals surface area contributed by atoms with Crippen molar-refractivity contribution < 1.29 is 24.2 Å². The number of carboxylic acid groups (broad SMARTS) is 1. The number of nitrogens with one attached hydrogen (secondary N) is 1. The van der Waals surface area contributed by atoms with Gasteiger partial charge in [-0.2, -0.15) is 0 Å². The third-order valence-corrected chi connectivity index (χ3v) is 6.89. The molecule has 3 aromatic rings. The minimum Gasteiger partial charge on any atom is -0.495 e. The van der Waals surface area contributed by atoms with E-state index in [1.807, 2.05) is 12.1 Å². The van der Waals surface area contributed by atoms with Crippen LogP contribution in [0.15, 0.2) is 36.4 Å². The second-order valence-electron chi connectivity index (χ2n) is 7.94. The largest absolute Gasteiger partial charge is 0.495 e. The van der Waals surface area contributed by atoms with Crippen molar-refractivity contribution in [3.63, 3.8) is 0 Å². The van der Waals surface area contributed by atoms with Crippen molar-refractivity contribution in [3.05, 3.63) is 63.3 Å². The summed E-state index contributed by atoms with van der Waals surface area (Å²) in [7, 11) is 3.27. The number of ether oxygens (including phenoxy) is 2. The predicted molar refractivity (Wildman–Crippen MR) is 122 cm³/mol. The van der Waals surface area contributed by atoms with Crippen molar-refractivity contribution in [1.82, 2.24) is 9.88 Å². The second kappa shape index (κ2) is 8.31. The maximum atomic E-state index is 13.3. The Kier molecular flexibility index (Phi) is 5.83. The third kappa shape index (κ3) is 3.60. The van der Waals surface area contributed by atoms with E-state index in [-0.39, 0.29) is 5.91 Å². The molecule has 1 fully saturated rings. The highest BCUT2D eigenvalue weighted by molar-refractivity contribution is 6.46. The van der Waals surface area contributed by atoms with Gasteiger partial charge in [0, 0.05) is 18.5 Å². The first-order valence-electron chi connectivity index (χ1n) is 9.93. The molecule has 2 N–H and O–H groups in total. The molecule has 9 heteroatoms. The minimum absolute atomic E-state index is 0.291. The number of carbonyl (C=O) groups is 2. The Morgan fingerprint density at radius 3 is 2.38 bits per heavy atom. The van der Waals surface area contributed by atoms with Crippen LogP contribution in [-0.4, -0.2) is 41.9 Å². The normalized spacial score (nSPS) is 15.8. The van der Waals surface area contributed by atoms with E-state index < -0.39 is 17.4 Å². The Bertz CT molecular complexity index is 1220. The summed E-state index contributed by atoms with van der Waals surface area (Å²) in [6.45, 7) is 2.27. The zero-order chi connectivity index (χ0) is 23.2. The number of carboxylic acids is 1. The Labute approximate surface area is 194 Å². The lowest BCUT2D eigenvalue weighted by atomic mass is 9.86. The lowest BCUT2D eigenvalue weighted by Crippen LogP contribution is -2.59. The van der Waals surface area contributed by atoms with E-state index in [9.17, 15) is 14.7 Å². The molecule has 0 spiro atoms. The van der Waals surface area contributed by atoms with Gasteiger partial charge in [-0.1, -0.05) is 47.5 Å². The van der Waals surface area contributed by atoms with E-state index in [0.29, 0.717) is 51.2 Å². The van der Waals surface area contributed by atoms with Crippen molar-refractivity contribution in [3.8, 4) is 5.75 Å². The van der Waals surface area contributed by atoms with Gasteiger partial charge in [-0.05, 0) is 24.1 Å². The second-order valence-corrected chi connectivity index (χ2v) is 8.70. The summed E-state index contributed by atoms with van der Waals surface area (Å²) in [5, 5.41) is 13.6. The molecule has 32 heavy (non-hydrogen) atoms. The summed E-state index contributed by atoms with van der Waals surface area (Å²) < 4.78 is 12.4. The Balaban J connectivity index is 1.65. The number of nitrogens with zero attached hydrogens (tertiary/aromatic N) is 1. The average Bonchev–Trinajstić information content (AvgIpc) is 3.09. The van der Waals surface area contributed by atoms with Gasteiger partial charge in [0.15, 0.2) is 0 Å². The number of rotatable bonds is 6. The highest BCUT2D eigenvalue weighted by atomic mass is 35.5. The number of hydrogen-bond acceptors (Lipinski definition) is 4. The van der Waals surface area contributed by atoms with Gasteiger partial charge >= 0.3 is 5.97 Å². The van der Waals surface area contributed by atoms with Gasteiger partial charge in [0.05, 0.1) is 36.8 Å². The lowest BCUT2D eigenvalue weighted by molar-refractivity contribution is -0.138. The number of carbonyl (C=O) groups excluding carboxylic acids is 1. The van der Waals surface area contributed by atoms with Crippen molar-refractivity contribution in [2.45, 2.75) is 18.4 Å². The molecule has 1 saturated heterocycles. The van der Waals surface area contributed by atoms with E-state index >= 15 is 0 Å². The number of aliphatic carboxylic acids is 1. The van der Waals surface area contributed by atoms with Crippen LogP contribution in [0.5, 0.6) is 5.75 Å². The molecular weight excluding hydrogens is 455 g/mol. The first-order valence-corrected chi connectivity index (χ1v) is 10.7. The first kappa shape index (κ1) is 22.5. The SMILES string of the molecule is COc1cc2c(cc(C(=O)NC3(c4ccc(C(C)C(=O)O)cc4)COC3)n2C)c(Cl)c1Cl. The van der Waals surface area contributed by atoms with E-state index in [4.69, 9.17) is 32.7 Å². The molecule has 0 saturated carbocycles. The summed E-state index contributed by atoms with van der Waals surface area (Å²) in [5.74, 6) is -1.37. The third-order valence-electron chi connectivity index (χ3n) is 6.03. The number of hydrogen-bond donors (Lipinski definition) is 2. The zero-order valence-corrected chi connectivity index (χ0v) is 19.3. The van der Waals surface area contributed by atoms with Crippen LogP contribution in [0, 0.1) is 0 Å². The minimum atomic E-state index is -0.890. The summed E-state index contributed by atoms with van der Waals surface area (Å²) >= 11 is 12.7. The fourth-order valence-electron chi connectivity index (χ4n) is 3.88. The molecule has 1 aliphatic rings. The standard InChI is InChI=1S/C23H22Cl2N2O5/c1-12(22(29)30)13-4-6-14(7-5-13)23(10-32-11-23)26-21(28)17-8-15-16(27(17)2)9-18(31-3)20(25)19(15)24/h4-9,12H,10-11H2,1-3H3,(H,26,28)(H,29,30). The number of aryl methyl sites for hydroxylation is 1. The summed E-state index contributed by atoms with van der Waals surface area (Å²) in [6, 6.07) is 10.6. The van der Waals surface area contributed by atoms with Crippen LogP contribution in [0.25, 0.3) is 10.9 Å². The molecule has 1 aliphatic heterocycles. The van der Waals surface area contributed by atoms with Crippen molar-refractivity contribution >= 4 is 46.0 Å². The molecule has 4 rings (SSSR count). The molecule has 168 valence electrons. The van der Waals surface area contributed by atoms with Crippen molar-refractivity contribution in [1.29, 1.82) is 0 Å². The van der Waals surface area contributed by atoms with Crippen LogP contribution in [-0.2, 0) is 22.1 Å². The van der Waals surface area contributed by atoms with Gasteiger partial charge in [0.1, 0.15) is 22.0 Å². The van der Waals surface area contributed by atoms with E-state index in [0.717, 1.165) is 5.56 Å². The smallest absolute Gasteiger partial charge is 0.310 e. The van der Waals surface area contributed by atoms with Crippen molar-refractivity contribution in [2.75, 3.05) is 20.3 Å². The van der Waals surface area contributed by atoms with E-state index in [1.54, 1.807) is 42.8 Å². The number of aromatic nitrogens is 1. The lowest BCUT2D eigenvalue weighted by Gasteiger charge is -2.42. The molecule has 0 radical (unpaired) electrons. The van der Waals surface area contributed by atoms with Crippen LogP contribution in [0.1, 0.15) is 34.5 Å². The molecule has 0 aliphatic carbocycles. The van der Waals surface area contributed by atoms with Gasteiger partial charge in [-0.25, -0.2) is 0 Å². The maximum absolute atomic E-state index is 13.3. The van der Waals surface area contributed by atoms with Crippen LogP contribution in [0.2, 0.25) is 10.0 Å². The van der Waals surface area contributed by atoms with Gasteiger partial charge in [-0.15, -0.1) is 0 Å². The molecule has 1 unspecified atom stereocenters. The van der Waals surface area contributed by atoms with Gasteiger partial charge in [-0.3, -0.25) is 9.59 Å². The molecule has 7 nitrogen and oxygen atoms in total. The highest BCUT2D eigenvalue weighted by Crippen LogP contribution is 2.40. The summed E-state index contributed by atoms with van der Waals surface area (Å²) in [5.41, 5.74) is 1.97. The number of halogens is 2. The highest BCUT2D eigenvalue weighted by Gasteiger charge is 2.42. The first-order chi connectivity index (χ1) is 15.2. The van der Waals surface area contributed by atoms with E-state index in [2.05, 4.69) is 5.32 Å². The number of methoxy groups -OCH3 is 1. The molecular formula is C23H22Cl2N2O5. The monoisotopic (exact) mass is 476 g/mol. The fourth-order valence-corrected chi connectivity index (χ4v) is 4.36. The van der Waals surface area contributed by atoms with Crippen LogP contribution < -0.4 is 10.1 Å². The van der Waals surface area contributed by atoms with Crippen LogP contribution in [0.3, 0.4) is 0 Å². The topological polar surface area (TPSA) is 89.8 Å². The summed E-state index contributed by atoms with van der Waals surface area (Å²) in [4.78, 5) is 24.5. The van der Waals surface area contributed by atoms with E-state index in [1.165, 1.54) is 7.11 Å². The fraction of sp³-hybridized carbons (Fsp3) is 0.304. The zero-order valence-electron chi connectivity index (χ0n) is 17.7. The summed E-state index contributed by atoms with van der Waals surface area (Å²) in [6.07, 6.45) is 0. The van der Waals surface area contributed by atoms with Crippen molar-refractivity contribution in [2.24, 2.45) is 7.05 Å². The number of fused-ring (bicyclic) bond motifs is 1. The van der Waals surface area contributed by atoms with Crippen LogP contribution in [0.4, 0.5) is 0 Å².